The zero-order valence-corrected chi connectivity index (χ0v) is 33.6. The highest BCUT2D eigenvalue weighted by atomic mass is 15.1. The highest BCUT2D eigenvalue weighted by Gasteiger charge is 2.51. The fourth-order valence-electron chi connectivity index (χ4n) is 11.1. The topological polar surface area (TPSA) is 8.17 Å². The summed E-state index contributed by atoms with van der Waals surface area (Å²) in [5.74, 6) is 0. The Morgan fingerprint density at radius 3 is 1.77 bits per heavy atom. The zero-order chi connectivity index (χ0) is 40.1. The number of para-hydroxylation sites is 2. The minimum atomic E-state index is -0.414. The first-order valence-electron chi connectivity index (χ1n) is 21.5. The monoisotopic (exact) mass is 776 g/mol. The minimum Gasteiger partial charge on any atom is -0.310 e. The molecular weight excluding hydrogens is 737 g/mol. The molecule has 3 aliphatic carbocycles. The highest BCUT2D eigenvalue weighted by molar-refractivity contribution is 6.10. The summed E-state index contributed by atoms with van der Waals surface area (Å²) < 4.78 is 2.38. The maximum Gasteiger partial charge on any atom is 0.0726 e. The molecule has 2 nitrogen and oxygen atoms in total. The van der Waals surface area contributed by atoms with Crippen molar-refractivity contribution in [1.82, 2.24) is 4.57 Å². The van der Waals surface area contributed by atoms with Crippen molar-refractivity contribution in [2.45, 2.75) is 18.3 Å². The first kappa shape index (κ1) is 34.2. The molecule has 2 heteroatoms. The van der Waals surface area contributed by atoms with Gasteiger partial charge in [-0.25, -0.2) is 0 Å². The molecule has 61 heavy (non-hydrogen) atoms. The van der Waals surface area contributed by atoms with Gasteiger partial charge in [0.1, 0.15) is 0 Å². The lowest BCUT2D eigenvalue weighted by Gasteiger charge is -2.33. The molecule has 0 atom stereocenters. The first-order valence-corrected chi connectivity index (χ1v) is 21.5. The fourth-order valence-corrected chi connectivity index (χ4v) is 11.1. The number of anilines is 3. The summed E-state index contributed by atoms with van der Waals surface area (Å²) in [4.78, 5) is 2.50. The largest absolute Gasteiger partial charge is 0.310 e. The second kappa shape index (κ2) is 13.2. The number of allylic oxidation sites excluding steroid dienone is 1. The van der Waals surface area contributed by atoms with Crippen LogP contribution in [0.3, 0.4) is 0 Å². The molecule has 10 aromatic rings. The van der Waals surface area contributed by atoms with Crippen LogP contribution < -0.4 is 4.90 Å². The van der Waals surface area contributed by atoms with Gasteiger partial charge in [-0.05, 0) is 135 Å². The van der Waals surface area contributed by atoms with Gasteiger partial charge in [0, 0.05) is 33.4 Å². The van der Waals surface area contributed by atoms with Gasteiger partial charge in [-0.3, -0.25) is 0 Å². The normalized spacial score (nSPS) is 13.8. The Hall–Kier alpha value is -7.68. The van der Waals surface area contributed by atoms with Gasteiger partial charge >= 0.3 is 0 Å². The van der Waals surface area contributed by atoms with E-state index < -0.39 is 5.41 Å². The van der Waals surface area contributed by atoms with Gasteiger partial charge in [0.2, 0.25) is 0 Å². The van der Waals surface area contributed by atoms with Gasteiger partial charge in [0.15, 0.2) is 0 Å². The molecule has 0 saturated carbocycles. The molecule has 0 amide bonds. The van der Waals surface area contributed by atoms with E-state index in [1.165, 1.54) is 99.9 Å². The number of benzene rings is 9. The van der Waals surface area contributed by atoms with Gasteiger partial charge in [-0.15, -0.1) is 0 Å². The van der Waals surface area contributed by atoms with E-state index in [9.17, 15) is 0 Å². The summed E-state index contributed by atoms with van der Waals surface area (Å²) in [5.41, 5.74) is 22.5. The maximum absolute atomic E-state index is 2.50. The zero-order valence-electron chi connectivity index (χ0n) is 33.6. The third-order valence-corrected chi connectivity index (χ3v) is 13.7. The molecule has 0 radical (unpaired) electrons. The van der Waals surface area contributed by atoms with Gasteiger partial charge in [0.25, 0.3) is 0 Å². The summed E-state index contributed by atoms with van der Waals surface area (Å²) in [6.07, 6.45) is 6.79. The Morgan fingerprint density at radius 2 is 1.03 bits per heavy atom. The van der Waals surface area contributed by atoms with Crippen molar-refractivity contribution in [3.8, 4) is 39.1 Å². The molecule has 0 bridgehead atoms. The molecule has 0 aliphatic heterocycles. The molecule has 13 rings (SSSR count). The lowest BCUT2D eigenvalue weighted by Crippen LogP contribution is -2.26. The highest BCUT2D eigenvalue weighted by Crippen LogP contribution is 2.63. The van der Waals surface area contributed by atoms with Crippen LogP contribution in [0.4, 0.5) is 17.1 Å². The third-order valence-electron chi connectivity index (χ3n) is 13.7. The average Bonchev–Trinajstić information content (AvgIpc) is 3.94. The summed E-state index contributed by atoms with van der Waals surface area (Å²) in [6, 6.07) is 76.9. The molecule has 0 N–H and O–H groups in total. The number of fused-ring (bicyclic) bond motifs is 14. The Kier molecular flexibility index (Phi) is 7.38. The van der Waals surface area contributed by atoms with Gasteiger partial charge in [-0.2, -0.15) is 0 Å². The summed E-state index contributed by atoms with van der Waals surface area (Å²) >= 11 is 0. The van der Waals surface area contributed by atoms with Gasteiger partial charge in [0.05, 0.1) is 22.1 Å². The van der Waals surface area contributed by atoms with Crippen LogP contribution >= 0.6 is 0 Å². The van der Waals surface area contributed by atoms with Crippen LogP contribution in [0.25, 0.3) is 66.9 Å². The smallest absolute Gasteiger partial charge is 0.0726 e. The number of hydrogen-bond donors (Lipinski definition) is 0. The minimum absolute atomic E-state index is 0.414. The summed E-state index contributed by atoms with van der Waals surface area (Å²) in [6.45, 7) is 0. The van der Waals surface area contributed by atoms with Crippen LogP contribution in [0.5, 0.6) is 0 Å². The lowest BCUT2D eigenvalue weighted by atomic mass is 9.70. The second-order valence-corrected chi connectivity index (χ2v) is 16.7. The number of aromatic nitrogens is 1. The van der Waals surface area contributed by atoms with Crippen LogP contribution in [0.15, 0.2) is 212 Å². The molecule has 3 aliphatic rings. The molecule has 1 aromatic heterocycles. The lowest BCUT2D eigenvalue weighted by molar-refractivity contribution is 0.793. The summed E-state index contributed by atoms with van der Waals surface area (Å²) in [5, 5.41) is 2.52. The molecular formula is C59H40N2. The average molecular weight is 777 g/mol. The first-order chi connectivity index (χ1) is 30.3. The number of aryl methyl sites for hydroxylation is 1. The van der Waals surface area contributed by atoms with Crippen molar-refractivity contribution in [2.75, 3.05) is 4.90 Å². The van der Waals surface area contributed by atoms with Crippen molar-refractivity contribution < 1.29 is 0 Å². The van der Waals surface area contributed by atoms with E-state index in [4.69, 9.17) is 0 Å². The van der Waals surface area contributed by atoms with Crippen molar-refractivity contribution in [3.05, 3.63) is 246 Å². The van der Waals surface area contributed by atoms with Crippen LogP contribution in [-0.4, -0.2) is 4.57 Å². The number of nitrogens with zero attached hydrogens (tertiary/aromatic N) is 2. The van der Waals surface area contributed by atoms with Crippen molar-refractivity contribution in [2.24, 2.45) is 0 Å². The van der Waals surface area contributed by atoms with Gasteiger partial charge in [-0.1, -0.05) is 158 Å². The molecule has 1 heterocycles. The molecule has 1 spiro atoms. The second-order valence-electron chi connectivity index (χ2n) is 16.7. The van der Waals surface area contributed by atoms with Crippen LogP contribution in [0, 0.1) is 0 Å². The summed E-state index contributed by atoms with van der Waals surface area (Å²) in [7, 11) is 0. The van der Waals surface area contributed by atoms with Crippen LogP contribution in [0.1, 0.15) is 39.8 Å². The predicted molar refractivity (Wildman–Crippen MR) is 255 cm³/mol. The SMILES string of the molecule is C1=Cc2c(cccc2N(c2ccc(-c3ccc4c(c3)c3ccccc3n4-c3ccccc3)cc2)c2ccc3c(c2)C2(c4ccccc4-c4ccccc42)c2ccccc2-3)CC1. The number of rotatable bonds is 5. The van der Waals surface area contributed by atoms with E-state index >= 15 is 0 Å². The van der Waals surface area contributed by atoms with Crippen LogP contribution in [-0.2, 0) is 11.8 Å². The number of hydrogen-bond acceptors (Lipinski definition) is 1. The van der Waals surface area contributed by atoms with Crippen molar-refractivity contribution in [1.29, 1.82) is 0 Å². The van der Waals surface area contributed by atoms with Crippen LogP contribution in [0.2, 0.25) is 0 Å². The molecule has 0 unspecified atom stereocenters. The third kappa shape index (κ3) is 4.85. The van der Waals surface area contributed by atoms with E-state index in [2.05, 4.69) is 228 Å². The standard InChI is InChI=1S/C59H40N2/c1-2-17-42(18-3-1)61-57-27-13-9-23-50(57)51-37-41(31-36-58(51)61)39-29-32-43(33-30-39)60(56-28-14-16-40-15-4-5-19-45(40)56)44-34-35-49-48-22-8-12-26-54(48)59(55(49)38-44)52-24-10-6-20-46(52)47-21-7-11-25-53(47)59/h1-3,5-14,16-38H,4,15H2. The Labute approximate surface area is 355 Å². The predicted octanol–water partition coefficient (Wildman–Crippen LogP) is 15.2. The molecule has 0 fully saturated rings. The van der Waals surface area contributed by atoms with E-state index in [1.54, 1.807) is 0 Å². The maximum atomic E-state index is 2.50. The van der Waals surface area contributed by atoms with Crippen molar-refractivity contribution >= 4 is 44.9 Å². The fraction of sp³-hybridized carbons (Fsp3) is 0.0508. The molecule has 9 aromatic carbocycles. The van der Waals surface area contributed by atoms with E-state index in [-0.39, 0.29) is 0 Å². The Morgan fingerprint density at radius 1 is 0.426 bits per heavy atom. The van der Waals surface area contributed by atoms with Gasteiger partial charge < -0.3 is 9.47 Å². The van der Waals surface area contributed by atoms with E-state index in [0.29, 0.717) is 0 Å². The quantitative estimate of drug-likeness (QED) is 0.169. The Bertz CT molecular complexity index is 3360. The molecule has 286 valence electrons. The van der Waals surface area contributed by atoms with Crippen molar-refractivity contribution in [3.63, 3.8) is 0 Å². The Balaban J connectivity index is 0.987. The van der Waals surface area contributed by atoms with E-state index in [1.807, 2.05) is 0 Å². The molecule has 0 saturated heterocycles. The van der Waals surface area contributed by atoms with E-state index in [0.717, 1.165) is 24.2 Å².